The van der Waals surface area contributed by atoms with Crippen molar-refractivity contribution in [1.82, 2.24) is 9.88 Å². The fourth-order valence-corrected chi connectivity index (χ4v) is 2.28. The molecule has 1 N–H and O–H groups in total. The Balaban J connectivity index is 2.26. The van der Waals surface area contributed by atoms with E-state index in [1.165, 1.54) is 16.5 Å². The summed E-state index contributed by atoms with van der Waals surface area (Å²) in [6.45, 7) is 5.74. The van der Waals surface area contributed by atoms with Crippen LogP contribution in [0, 0.1) is 16.7 Å². The lowest BCUT2D eigenvalue weighted by atomic mass is 9.91. The van der Waals surface area contributed by atoms with Gasteiger partial charge < -0.3 is 9.88 Å². The summed E-state index contributed by atoms with van der Waals surface area (Å²) < 4.78 is 2.24. The number of nitrogens with zero attached hydrogens (tertiary/aromatic N) is 2. The number of nitrogens with one attached hydrogen (secondary N) is 1. The van der Waals surface area contributed by atoms with Crippen LogP contribution in [0.15, 0.2) is 30.5 Å². The van der Waals surface area contributed by atoms with Crippen molar-refractivity contribution in [2.75, 3.05) is 7.05 Å². The van der Waals surface area contributed by atoms with E-state index in [0.29, 0.717) is 0 Å². The monoisotopic (exact) mass is 255 g/mol. The van der Waals surface area contributed by atoms with E-state index in [-0.39, 0.29) is 5.41 Å². The SMILES string of the molecule is CNCc1cccc2c1ccn2CCC(C)(C)C#N. The molecule has 2 aromatic rings. The smallest absolute Gasteiger partial charge is 0.0684 e. The highest BCUT2D eigenvalue weighted by molar-refractivity contribution is 5.83. The number of aryl methyl sites for hydroxylation is 1. The Labute approximate surface area is 114 Å². The number of aromatic nitrogens is 1. The van der Waals surface area contributed by atoms with Crippen molar-refractivity contribution in [3.8, 4) is 6.07 Å². The Kier molecular flexibility index (Phi) is 3.92. The van der Waals surface area contributed by atoms with Gasteiger partial charge in [0.2, 0.25) is 0 Å². The second-order valence-corrected chi connectivity index (χ2v) is 5.64. The van der Waals surface area contributed by atoms with Gasteiger partial charge in [-0.3, -0.25) is 0 Å². The van der Waals surface area contributed by atoms with Gasteiger partial charge in [-0.25, -0.2) is 0 Å². The molecule has 19 heavy (non-hydrogen) atoms. The lowest BCUT2D eigenvalue weighted by molar-refractivity contribution is 0.417. The van der Waals surface area contributed by atoms with Crippen LogP contribution in [0.3, 0.4) is 0 Å². The van der Waals surface area contributed by atoms with Gasteiger partial charge in [0.1, 0.15) is 0 Å². The fourth-order valence-electron chi connectivity index (χ4n) is 2.28. The van der Waals surface area contributed by atoms with Crippen LogP contribution in [0.25, 0.3) is 10.9 Å². The number of nitriles is 1. The average molecular weight is 255 g/mol. The molecule has 1 aromatic heterocycles. The maximum atomic E-state index is 9.08. The van der Waals surface area contributed by atoms with Crippen LogP contribution in [-0.2, 0) is 13.1 Å². The largest absolute Gasteiger partial charge is 0.347 e. The van der Waals surface area contributed by atoms with E-state index in [9.17, 15) is 0 Å². The van der Waals surface area contributed by atoms with Crippen molar-refractivity contribution in [1.29, 1.82) is 5.26 Å². The van der Waals surface area contributed by atoms with E-state index >= 15 is 0 Å². The summed E-state index contributed by atoms with van der Waals surface area (Å²) >= 11 is 0. The van der Waals surface area contributed by atoms with Crippen LogP contribution in [0.1, 0.15) is 25.8 Å². The predicted octanol–water partition coefficient (Wildman–Crippen LogP) is 3.30. The summed E-state index contributed by atoms with van der Waals surface area (Å²) in [5.74, 6) is 0. The lowest BCUT2D eigenvalue weighted by Gasteiger charge is -2.16. The van der Waals surface area contributed by atoms with Crippen LogP contribution in [0.5, 0.6) is 0 Å². The molecule has 0 fully saturated rings. The molecule has 0 aliphatic rings. The highest BCUT2D eigenvalue weighted by Gasteiger charge is 2.16. The van der Waals surface area contributed by atoms with Gasteiger partial charge in [0.25, 0.3) is 0 Å². The first-order valence-electron chi connectivity index (χ1n) is 6.70. The molecule has 100 valence electrons. The molecule has 0 saturated carbocycles. The van der Waals surface area contributed by atoms with Gasteiger partial charge in [-0.2, -0.15) is 5.26 Å². The maximum Gasteiger partial charge on any atom is 0.0684 e. The topological polar surface area (TPSA) is 40.8 Å². The molecule has 0 spiro atoms. The third-order valence-corrected chi connectivity index (χ3v) is 3.55. The Morgan fingerprint density at radius 3 is 2.79 bits per heavy atom. The zero-order valence-corrected chi connectivity index (χ0v) is 11.9. The van der Waals surface area contributed by atoms with E-state index in [1.54, 1.807) is 0 Å². The number of hydrogen-bond acceptors (Lipinski definition) is 2. The average Bonchev–Trinajstić information content (AvgIpc) is 2.81. The van der Waals surface area contributed by atoms with Crippen LogP contribution in [0.4, 0.5) is 0 Å². The van der Waals surface area contributed by atoms with Crippen LogP contribution >= 0.6 is 0 Å². The lowest BCUT2D eigenvalue weighted by Crippen LogP contribution is -2.12. The molecular formula is C16H21N3. The number of fused-ring (bicyclic) bond motifs is 1. The molecule has 0 saturated heterocycles. The highest BCUT2D eigenvalue weighted by Crippen LogP contribution is 2.24. The minimum atomic E-state index is -0.265. The summed E-state index contributed by atoms with van der Waals surface area (Å²) in [6.07, 6.45) is 2.99. The van der Waals surface area contributed by atoms with Crippen LogP contribution in [-0.4, -0.2) is 11.6 Å². The molecular weight excluding hydrogens is 234 g/mol. The van der Waals surface area contributed by atoms with Crippen LogP contribution in [0.2, 0.25) is 0 Å². The van der Waals surface area contributed by atoms with Gasteiger partial charge in [-0.05, 0) is 45.0 Å². The molecule has 0 aliphatic carbocycles. The van der Waals surface area contributed by atoms with E-state index in [4.69, 9.17) is 5.26 Å². The first kappa shape index (κ1) is 13.6. The van der Waals surface area contributed by atoms with Gasteiger partial charge in [-0.15, -0.1) is 0 Å². The Hall–Kier alpha value is -1.79. The summed E-state index contributed by atoms with van der Waals surface area (Å²) in [5, 5.41) is 13.6. The maximum absolute atomic E-state index is 9.08. The highest BCUT2D eigenvalue weighted by atomic mass is 15.0. The summed E-state index contributed by atoms with van der Waals surface area (Å²) in [7, 11) is 1.96. The minimum absolute atomic E-state index is 0.265. The Morgan fingerprint density at radius 1 is 1.32 bits per heavy atom. The molecule has 0 unspecified atom stereocenters. The summed E-state index contributed by atoms with van der Waals surface area (Å²) in [4.78, 5) is 0. The summed E-state index contributed by atoms with van der Waals surface area (Å²) in [5.41, 5.74) is 2.30. The van der Waals surface area contributed by atoms with E-state index in [2.05, 4.69) is 46.4 Å². The van der Waals surface area contributed by atoms with Crippen LogP contribution < -0.4 is 5.32 Å². The van der Waals surface area contributed by atoms with Crippen molar-refractivity contribution >= 4 is 10.9 Å². The van der Waals surface area contributed by atoms with E-state index in [0.717, 1.165) is 19.5 Å². The molecule has 2 rings (SSSR count). The molecule has 0 amide bonds. The van der Waals surface area contributed by atoms with Crippen molar-refractivity contribution in [2.45, 2.75) is 33.4 Å². The molecule has 0 radical (unpaired) electrons. The van der Waals surface area contributed by atoms with Gasteiger partial charge in [0.05, 0.1) is 11.5 Å². The van der Waals surface area contributed by atoms with Crippen molar-refractivity contribution in [2.24, 2.45) is 5.41 Å². The van der Waals surface area contributed by atoms with Gasteiger partial charge in [0.15, 0.2) is 0 Å². The van der Waals surface area contributed by atoms with E-state index in [1.807, 2.05) is 20.9 Å². The summed E-state index contributed by atoms with van der Waals surface area (Å²) in [6, 6.07) is 10.9. The molecule has 0 atom stereocenters. The third-order valence-electron chi connectivity index (χ3n) is 3.55. The van der Waals surface area contributed by atoms with Crippen molar-refractivity contribution in [3.63, 3.8) is 0 Å². The zero-order valence-electron chi connectivity index (χ0n) is 11.9. The molecule has 0 bridgehead atoms. The number of benzene rings is 1. The normalized spacial score (nSPS) is 11.7. The molecule has 0 aliphatic heterocycles. The second-order valence-electron chi connectivity index (χ2n) is 5.64. The zero-order chi connectivity index (χ0) is 13.9. The molecule has 1 aromatic carbocycles. The van der Waals surface area contributed by atoms with Crippen molar-refractivity contribution < 1.29 is 0 Å². The Morgan fingerprint density at radius 2 is 2.11 bits per heavy atom. The van der Waals surface area contributed by atoms with E-state index < -0.39 is 0 Å². The second kappa shape index (κ2) is 5.46. The Bertz CT molecular complexity index is 602. The quantitative estimate of drug-likeness (QED) is 0.890. The number of hydrogen-bond donors (Lipinski definition) is 1. The number of rotatable bonds is 5. The molecule has 3 heteroatoms. The van der Waals surface area contributed by atoms with Crippen molar-refractivity contribution in [3.05, 3.63) is 36.0 Å². The van der Waals surface area contributed by atoms with Gasteiger partial charge in [0, 0.05) is 30.2 Å². The van der Waals surface area contributed by atoms with Gasteiger partial charge in [-0.1, -0.05) is 12.1 Å². The molecule has 3 nitrogen and oxygen atoms in total. The fraction of sp³-hybridized carbons (Fsp3) is 0.438. The third kappa shape index (κ3) is 2.97. The predicted molar refractivity (Wildman–Crippen MR) is 78.7 cm³/mol. The standard InChI is InChI=1S/C16H21N3/c1-16(2,12-17)8-10-19-9-7-14-13(11-18-3)5-4-6-15(14)19/h4-7,9,18H,8,10-11H2,1-3H3. The minimum Gasteiger partial charge on any atom is -0.347 e. The first-order valence-corrected chi connectivity index (χ1v) is 6.70. The molecule has 1 heterocycles. The first-order chi connectivity index (χ1) is 9.07. The van der Waals surface area contributed by atoms with Gasteiger partial charge >= 0.3 is 0 Å².